The van der Waals surface area contributed by atoms with Crippen molar-refractivity contribution >= 4 is 23.2 Å². The van der Waals surface area contributed by atoms with E-state index in [0.717, 1.165) is 5.69 Å². The highest BCUT2D eigenvalue weighted by atomic mass is 35.5. The summed E-state index contributed by atoms with van der Waals surface area (Å²) in [5, 5.41) is 5.36. The van der Waals surface area contributed by atoms with Crippen LogP contribution < -0.4 is 5.73 Å². The van der Waals surface area contributed by atoms with E-state index in [4.69, 9.17) is 28.9 Å². The summed E-state index contributed by atoms with van der Waals surface area (Å²) in [6.45, 7) is 4.05. The van der Waals surface area contributed by atoms with E-state index in [0.29, 0.717) is 15.7 Å². The van der Waals surface area contributed by atoms with Crippen molar-refractivity contribution in [3.05, 3.63) is 46.0 Å². The number of nitrogens with two attached hydrogens (primary N) is 1. The molecule has 2 heterocycles. The molecule has 2 aromatic rings. The number of nitrogens with zero attached hydrogens (tertiary/aromatic N) is 3. The second kappa shape index (κ2) is 5.26. The lowest BCUT2D eigenvalue weighted by atomic mass is 10.1. The van der Waals surface area contributed by atoms with Crippen LogP contribution in [0.25, 0.3) is 0 Å². The van der Waals surface area contributed by atoms with Crippen LogP contribution in [-0.2, 0) is 0 Å². The Labute approximate surface area is 116 Å². The van der Waals surface area contributed by atoms with E-state index in [1.54, 1.807) is 24.5 Å². The van der Waals surface area contributed by atoms with Crippen LogP contribution in [0.4, 0.5) is 0 Å². The molecule has 2 rings (SSSR count). The highest BCUT2D eigenvalue weighted by Crippen LogP contribution is 2.27. The highest BCUT2D eigenvalue weighted by Gasteiger charge is 2.20. The van der Waals surface area contributed by atoms with E-state index in [-0.39, 0.29) is 6.04 Å². The fourth-order valence-corrected chi connectivity index (χ4v) is 2.12. The third-order valence-corrected chi connectivity index (χ3v) is 3.15. The summed E-state index contributed by atoms with van der Waals surface area (Å²) in [5.74, 6) is 0. The maximum Gasteiger partial charge on any atom is 0.0912 e. The Morgan fingerprint density at radius 3 is 2.50 bits per heavy atom. The predicted octanol–water partition coefficient (Wildman–Crippen LogP) is 3.21. The van der Waals surface area contributed by atoms with Crippen molar-refractivity contribution in [3.8, 4) is 0 Å². The lowest BCUT2D eigenvalue weighted by molar-refractivity contribution is 0.497. The minimum absolute atomic E-state index is 0.186. The fraction of sp³-hybridized carbons (Fsp3) is 0.333. The summed E-state index contributed by atoms with van der Waals surface area (Å²) >= 11 is 12.0. The zero-order valence-electron chi connectivity index (χ0n) is 10.1. The first kappa shape index (κ1) is 13.3. The quantitative estimate of drug-likeness (QED) is 0.942. The normalized spacial score (nSPS) is 13.0. The van der Waals surface area contributed by atoms with Crippen LogP contribution in [0.1, 0.15) is 37.3 Å². The van der Waals surface area contributed by atoms with Gasteiger partial charge in [0, 0.05) is 12.2 Å². The van der Waals surface area contributed by atoms with Gasteiger partial charge in [0.15, 0.2) is 0 Å². The topological polar surface area (TPSA) is 56.7 Å². The van der Waals surface area contributed by atoms with Crippen LogP contribution in [0.3, 0.4) is 0 Å². The average molecular weight is 285 g/mol. The van der Waals surface area contributed by atoms with Gasteiger partial charge in [-0.2, -0.15) is 5.10 Å². The number of hydrogen-bond acceptors (Lipinski definition) is 3. The SMILES string of the molecule is CC(C)n1ncc(Cl)c1C(N)c1ccc(Cl)cn1. The van der Waals surface area contributed by atoms with E-state index < -0.39 is 6.04 Å². The van der Waals surface area contributed by atoms with E-state index in [2.05, 4.69) is 10.1 Å². The zero-order valence-corrected chi connectivity index (χ0v) is 11.7. The molecule has 0 radical (unpaired) electrons. The molecule has 0 aromatic carbocycles. The maximum atomic E-state index is 6.20. The molecule has 0 aliphatic carbocycles. The van der Waals surface area contributed by atoms with Crippen LogP contribution in [-0.4, -0.2) is 14.8 Å². The molecule has 0 aliphatic heterocycles. The fourth-order valence-electron chi connectivity index (χ4n) is 1.76. The predicted molar refractivity (Wildman–Crippen MR) is 72.9 cm³/mol. The number of hydrogen-bond donors (Lipinski definition) is 1. The molecule has 0 saturated heterocycles. The first-order valence-electron chi connectivity index (χ1n) is 5.60. The van der Waals surface area contributed by atoms with Gasteiger partial charge in [0.05, 0.1) is 33.7 Å². The molecule has 0 aliphatic rings. The van der Waals surface area contributed by atoms with Crippen molar-refractivity contribution in [1.29, 1.82) is 0 Å². The molecular weight excluding hydrogens is 271 g/mol. The number of aromatic nitrogens is 3. The summed E-state index contributed by atoms with van der Waals surface area (Å²) in [5.41, 5.74) is 7.68. The van der Waals surface area contributed by atoms with Crippen LogP contribution in [0, 0.1) is 0 Å². The molecule has 0 bridgehead atoms. The molecule has 1 unspecified atom stereocenters. The maximum absolute atomic E-state index is 6.20. The summed E-state index contributed by atoms with van der Waals surface area (Å²) in [6.07, 6.45) is 3.17. The van der Waals surface area contributed by atoms with Gasteiger partial charge in [-0.1, -0.05) is 23.2 Å². The van der Waals surface area contributed by atoms with Crippen molar-refractivity contribution in [2.45, 2.75) is 25.9 Å². The van der Waals surface area contributed by atoms with Gasteiger partial charge in [-0.3, -0.25) is 9.67 Å². The number of halogens is 2. The Morgan fingerprint density at radius 2 is 1.94 bits per heavy atom. The monoisotopic (exact) mass is 284 g/mol. The molecule has 0 fully saturated rings. The van der Waals surface area contributed by atoms with Gasteiger partial charge < -0.3 is 5.73 Å². The third kappa shape index (κ3) is 2.51. The lowest BCUT2D eigenvalue weighted by Crippen LogP contribution is -2.20. The standard InChI is InChI=1S/C12H14Cl2N4/c1-7(2)18-12(9(14)6-17-18)11(15)10-4-3-8(13)5-16-10/h3-7,11H,15H2,1-2H3. The smallest absolute Gasteiger partial charge is 0.0912 e. The molecule has 0 amide bonds. The minimum Gasteiger partial charge on any atom is -0.318 e. The van der Waals surface area contributed by atoms with Crippen LogP contribution >= 0.6 is 23.2 Å². The van der Waals surface area contributed by atoms with Gasteiger partial charge in [-0.15, -0.1) is 0 Å². The summed E-state index contributed by atoms with van der Waals surface area (Å²) < 4.78 is 1.81. The molecule has 0 spiro atoms. The van der Waals surface area contributed by atoms with E-state index >= 15 is 0 Å². The number of pyridine rings is 1. The Kier molecular flexibility index (Phi) is 3.90. The molecule has 1 atom stereocenters. The van der Waals surface area contributed by atoms with Crippen LogP contribution in [0.2, 0.25) is 10.0 Å². The van der Waals surface area contributed by atoms with E-state index in [1.165, 1.54) is 0 Å². The molecule has 2 aromatic heterocycles. The Hall–Kier alpha value is -1.10. The second-order valence-corrected chi connectivity index (χ2v) is 5.14. The van der Waals surface area contributed by atoms with Crippen molar-refractivity contribution in [3.63, 3.8) is 0 Å². The van der Waals surface area contributed by atoms with Crippen molar-refractivity contribution in [1.82, 2.24) is 14.8 Å². The van der Waals surface area contributed by atoms with Crippen LogP contribution in [0.15, 0.2) is 24.5 Å². The van der Waals surface area contributed by atoms with Crippen molar-refractivity contribution in [2.24, 2.45) is 5.73 Å². The number of rotatable bonds is 3. The van der Waals surface area contributed by atoms with Crippen molar-refractivity contribution < 1.29 is 0 Å². The second-order valence-electron chi connectivity index (χ2n) is 4.30. The first-order valence-corrected chi connectivity index (χ1v) is 6.36. The molecule has 18 heavy (non-hydrogen) atoms. The van der Waals surface area contributed by atoms with Gasteiger partial charge in [0.25, 0.3) is 0 Å². The Bertz CT molecular complexity index is 534. The zero-order chi connectivity index (χ0) is 13.3. The summed E-state index contributed by atoms with van der Waals surface area (Å²) in [7, 11) is 0. The average Bonchev–Trinajstić information content (AvgIpc) is 2.71. The Morgan fingerprint density at radius 1 is 1.22 bits per heavy atom. The molecular formula is C12H14Cl2N4. The van der Waals surface area contributed by atoms with Gasteiger partial charge in [-0.25, -0.2) is 0 Å². The molecule has 96 valence electrons. The van der Waals surface area contributed by atoms with Gasteiger partial charge in [-0.05, 0) is 26.0 Å². The molecule has 4 nitrogen and oxygen atoms in total. The lowest BCUT2D eigenvalue weighted by Gasteiger charge is -2.17. The van der Waals surface area contributed by atoms with Gasteiger partial charge >= 0.3 is 0 Å². The first-order chi connectivity index (χ1) is 8.50. The van der Waals surface area contributed by atoms with E-state index in [1.807, 2.05) is 18.5 Å². The third-order valence-electron chi connectivity index (χ3n) is 2.64. The summed E-state index contributed by atoms with van der Waals surface area (Å²) in [6, 6.07) is 3.32. The minimum atomic E-state index is -0.417. The largest absolute Gasteiger partial charge is 0.318 e. The van der Waals surface area contributed by atoms with Crippen molar-refractivity contribution in [2.75, 3.05) is 0 Å². The highest BCUT2D eigenvalue weighted by molar-refractivity contribution is 6.31. The molecule has 0 saturated carbocycles. The molecule has 6 heteroatoms. The Balaban J connectivity index is 2.42. The van der Waals surface area contributed by atoms with Crippen LogP contribution in [0.5, 0.6) is 0 Å². The summed E-state index contributed by atoms with van der Waals surface area (Å²) in [4.78, 5) is 4.22. The molecule has 2 N–H and O–H groups in total. The van der Waals surface area contributed by atoms with E-state index in [9.17, 15) is 0 Å². The van der Waals surface area contributed by atoms with Gasteiger partial charge in [0.2, 0.25) is 0 Å². The van der Waals surface area contributed by atoms with Gasteiger partial charge in [0.1, 0.15) is 0 Å².